The predicted octanol–water partition coefficient (Wildman–Crippen LogP) is 4.75. The van der Waals surface area contributed by atoms with Gasteiger partial charge < -0.3 is 4.52 Å². The Hall–Kier alpha value is -0.640. The van der Waals surface area contributed by atoms with Gasteiger partial charge in [-0.15, -0.1) is 0 Å². The predicted molar refractivity (Wildman–Crippen MR) is 96.2 cm³/mol. The third kappa shape index (κ3) is 7.65. The quantitative estimate of drug-likeness (QED) is 0.399. The van der Waals surface area contributed by atoms with Crippen LogP contribution in [0.1, 0.15) is 45.4 Å². The molecule has 0 saturated heterocycles. The van der Waals surface area contributed by atoms with E-state index in [9.17, 15) is 13.0 Å². The molecule has 0 aromatic heterocycles. The summed E-state index contributed by atoms with van der Waals surface area (Å²) in [6, 6.07) is 8.30. The molecule has 0 aliphatic heterocycles. The van der Waals surface area contributed by atoms with Gasteiger partial charge in [0.1, 0.15) is 0 Å². The minimum Gasteiger partial charge on any atom is -0.332 e. The van der Waals surface area contributed by atoms with Crippen molar-refractivity contribution >= 4 is 17.2 Å². The summed E-state index contributed by atoms with van der Waals surface area (Å²) in [6.45, 7) is 2.17. The van der Waals surface area contributed by atoms with Crippen LogP contribution in [0, 0.1) is 0 Å². The lowest BCUT2D eigenvalue weighted by atomic mass is 10.1. The van der Waals surface area contributed by atoms with E-state index in [-0.39, 0.29) is 16.8 Å². The maximum absolute atomic E-state index is 12.7. The van der Waals surface area contributed by atoms with Crippen LogP contribution in [-0.2, 0) is 18.9 Å². The lowest BCUT2D eigenvalue weighted by Crippen LogP contribution is -2.12. The van der Waals surface area contributed by atoms with Gasteiger partial charge in [-0.2, -0.15) is 0 Å². The third-order valence-corrected chi connectivity index (χ3v) is 8.59. The first-order chi connectivity index (χ1) is 10.9. The molecule has 1 aromatic rings. The molecule has 0 aliphatic rings. The lowest BCUT2D eigenvalue weighted by Gasteiger charge is -2.16. The Kier molecular flexibility index (Phi) is 9.11. The van der Waals surface area contributed by atoms with Gasteiger partial charge in [0.25, 0.3) is 0 Å². The lowest BCUT2D eigenvalue weighted by molar-refractivity contribution is 0.392. The van der Waals surface area contributed by atoms with E-state index in [4.69, 9.17) is 4.52 Å². The molecule has 1 aromatic carbocycles. The fourth-order valence-electron chi connectivity index (χ4n) is 2.43. The molecule has 0 spiro atoms. The number of sulfone groups is 1. The van der Waals surface area contributed by atoms with Gasteiger partial charge in [-0.05, 0) is 18.6 Å². The van der Waals surface area contributed by atoms with E-state index in [1.165, 1.54) is 26.4 Å². The van der Waals surface area contributed by atoms with E-state index in [0.29, 0.717) is 6.16 Å². The van der Waals surface area contributed by atoms with Gasteiger partial charge in [-0.1, -0.05) is 57.2 Å². The zero-order valence-electron chi connectivity index (χ0n) is 14.2. The topological polar surface area (TPSA) is 60.4 Å². The highest BCUT2D eigenvalue weighted by Crippen LogP contribution is 2.47. The summed E-state index contributed by atoms with van der Waals surface area (Å²) < 4.78 is 42.4. The molecule has 0 amide bonds. The molecule has 1 rings (SSSR count). The summed E-state index contributed by atoms with van der Waals surface area (Å²) in [5, 5.41) is 0. The van der Waals surface area contributed by atoms with Crippen LogP contribution in [-0.4, -0.2) is 33.6 Å². The van der Waals surface area contributed by atoms with Gasteiger partial charge in [0.05, 0.1) is 10.6 Å². The summed E-state index contributed by atoms with van der Waals surface area (Å²) in [5.74, 6) is -0.127. The molecule has 0 aliphatic carbocycles. The zero-order chi connectivity index (χ0) is 17.2. The SMILES string of the molecule is CCCCCCCCP(=O)(CCS(=O)(=O)c1ccccc1)OC. The first kappa shape index (κ1) is 20.4. The minimum atomic E-state index is -3.40. The Morgan fingerprint density at radius 1 is 0.957 bits per heavy atom. The van der Waals surface area contributed by atoms with Crippen LogP contribution in [0.4, 0.5) is 0 Å². The highest BCUT2D eigenvalue weighted by Gasteiger charge is 2.25. The van der Waals surface area contributed by atoms with Gasteiger partial charge in [-0.3, -0.25) is 4.57 Å². The van der Waals surface area contributed by atoms with E-state index in [0.717, 1.165) is 19.3 Å². The molecule has 1 unspecified atom stereocenters. The zero-order valence-corrected chi connectivity index (χ0v) is 16.0. The van der Waals surface area contributed by atoms with E-state index in [1.54, 1.807) is 30.3 Å². The van der Waals surface area contributed by atoms with Crippen molar-refractivity contribution < 1.29 is 17.5 Å². The minimum absolute atomic E-state index is 0.0929. The number of hydrogen-bond acceptors (Lipinski definition) is 4. The van der Waals surface area contributed by atoms with Crippen LogP contribution in [0.15, 0.2) is 35.2 Å². The molecule has 6 heteroatoms. The van der Waals surface area contributed by atoms with Gasteiger partial charge in [-0.25, -0.2) is 8.42 Å². The molecule has 4 nitrogen and oxygen atoms in total. The molecule has 1 atom stereocenters. The summed E-state index contributed by atoms with van der Waals surface area (Å²) in [6.07, 6.45) is 7.20. The van der Waals surface area contributed by atoms with Gasteiger partial charge in [0.15, 0.2) is 9.84 Å². The molecule has 0 radical (unpaired) electrons. The van der Waals surface area contributed by atoms with Crippen molar-refractivity contribution in [3.8, 4) is 0 Å². The fraction of sp³-hybridized carbons (Fsp3) is 0.647. The molecule has 0 heterocycles. The van der Waals surface area contributed by atoms with Crippen LogP contribution in [0.3, 0.4) is 0 Å². The molecule has 23 heavy (non-hydrogen) atoms. The van der Waals surface area contributed by atoms with Crippen LogP contribution in [0.5, 0.6) is 0 Å². The van der Waals surface area contributed by atoms with Crippen molar-refractivity contribution in [3.63, 3.8) is 0 Å². The van der Waals surface area contributed by atoms with Crippen LogP contribution in [0.25, 0.3) is 0 Å². The van der Waals surface area contributed by atoms with E-state index < -0.39 is 17.2 Å². The largest absolute Gasteiger partial charge is 0.332 e. The summed E-state index contributed by atoms with van der Waals surface area (Å²) >= 11 is 0. The standard InChI is InChI=1S/C17H29O4PS/c1-3-4-5-6-7-11-14-22(18,21-2)15-16-23(19,20)17-12-9-8-10-13-17/h8-10,12-13H,3-7,11,14-16H2,1-2H3. The van der Waals surface area contributed by atoms with Crippen LogP contribution < -0.4 is 0 Å². The Bertz CT molecular complexity index is 584. The number of rotatable bonds is 12. The van der Waals surface area contributed by atoms with Gasteiger partial charge >= 0.3 is 0 Å². The average Bonchev–Trinajstić information content (AvgIpc) is 2.57. The van der Waals surface area contributed by atoms with Gasteiger partial charge in [0.2, 0.25) is 7.37 Å². The van der Waals surface area contributed by atoms with Crippen LogP contribution >= 0.6 is 7.37 Å². The Morgan fingerprint density at radius 2 is 1.57 bits per heavy atom. The normalized spacial score (nSPS) is 14.5. The van der Waals surface area contributed by atoms with Crippen molar-refractivity contribution in [2.24, 2.45) is 0 Å². The number of unbranched alkanes of at least 4 members (excludes halogenated alkanes) is 5. The highest BCUT2D eigenvalue weighted by molar-refractivity contribution is 7.91. The molecule has 132 valence electrons. The number of hydrogen-bond donors (Lipinski definition) is 0. The highest BCUT2D eigenvalue weighted by atomic mass is 32.2. The van der Waals surface area contributed by atoms with Crippen molar-refractivity contribution in [1.29, 1.82) is 0 Å². The third-order valence-electron chi connectivity index (χ3n) is 3.99. The number of benzene rings is 1. The Labute approximate surface area is 141 Å². The van der Waals surface area contributed by atoms with Crippen LogP contribution in [0.2, 0.25) is 0 Å². The monoisotopic (exact) mass is 360 g/mol. The average molecular weight is 360 g/mol. The molecule has 0 saturated carbocycles. The summed E-state index contributed by atoms with van der Waals surface area (Å²) in [4.78, 5) is 0.280. The molecular formula is C17H29O4PS. The first-order valence-electron chi connectivity index (χ1n) is 8.35. The molecule has 0 bridgehead atoms. The first-order valence-corrected chi connectivity index (χ1v) is 12.0. The second-order valence-corrected chi connectivity index (χ2v) is 10.8. The van der Waals surface area contributed by atoms with E-state index in [1.807, 2.05) is 0 Å². The van der Waals surface area contributed by atoms with E-state index >= 15 is 0 Å². The second kappa shape index (κ2) is 10.3. The Morgan fingerprint density at radius 3 is 2.17 bits per heavy atom. The van der Waals surface area contributed by atoms with Crippen molar-refractivity contribution in [2.75, 3.05) is 25.2 Å². The molecule has 0 N–H and O–H groups in total. The smallest absolute Gasteiger partial charge is 0.203 e. The van der Waals surface area contributed by atoms with Crippen molar-refractivity contribution in [1.82, 2.24) is 0 Å². The summed E-state index contributed by atoms with van der Waals surface area (Å²) in [5.41, 5.74) is 0. The maximum Gasteiger partial charge on any atom is 0.203 e. The van der Waals surface area contributed by atoms with Crippen molar-refractivity contribution in [2.45, 2.75) is 50.3 Å². The second-order valence-electron chi connectivity index (χ2n) is 5.84. The Balaban J connectivity index is 2.47. The van der Waals surface area contributed by atoms with Crippen molar-refractivity contribution in [3.05, 3.63) is 30.3 Å². The van der Waals surface area contributed by atoms with E-state index in [2.05, 4.69) is 6.92 Å². The van der Waals surface area contributed by atoms with Gasteiger partial charge in [0, 0.05) is 19.4 Å². The summed E-state index contributed by atoms with van der Waals surface area (Å²) in [7, 11) is -4.83. The molecule has 0 fully saturated rings. The molecular weight excluding hydrogens is 331 g/mol. The maximum atomic E-state index is 12.7. The fourth-order valence-corrected chi connectivity index (χ4v) is 6.61.